The number of aryl methyl sites for hydroxylation is 1. The molecule has 0 fully saturated rings. The molecule has 23 heavy (non-hydrogen) atoms. The Bertz CT molecular complexity index is 546. The minimum Gasteiger partial charge on any atom is -0.498 e. The van der Waals surface area contributed by atoms with Gasteiger partial charge < -0.3 is 18.9 Å². The summed E-state index contributed by atoms with van der Waals surface area (Å²) in [5.41, 5.74) is 2.18. The molecule has 4 nitrogen and oxygen atoms in total. The zero-order valence-electron chi connectivity index (χ0n) is 13.6. The molecule has 0 aliphatic rings. The molecular weight excluding hydrogens is 292 g/mol. The normalized spacial score (nSPS) is 10.6. The summed E-state index contributed by atoms with van der Waals surface area (Å²) < 4.78 is 21.4. The molecule has 0 unspecified atom stereocenters. The van der Waals surface area contributed by atoms with E-state index in [9.17, 15) is 0 Å². The Labute approximate surface area is 138 Å². The standard InChI is InChI=1S/C19H24O4/c1-5-20-11-13-22-17(4)19(23-14-12-21-6-2)15-18-10-8-7-9-16(18)3/h5-10,15H,1-2,4,11-14H2,3H3/b19-15+. The maximum atomic E-state index is 5.72. The van der Waals surface area contributed by atoms with Crippen molar-refractivity contribution in [2.45, 2.75) is 6.92 Å². The molecule has 0 saturated carbocycles. The Kier molecular flexibility index (Phi) is 8.83. The molecule has 0 saturated heterocycles. The zero-order valence-corrected chi connectivity index (χ0v) is 13.6. The average molecular weight is 316 g/mol. The van der Waals surface area contributed by atoms with Crippen molar-refractivity contribution in [2.75, 3.05) is 26.4 Å². The Hall–Kier alpha value is -2.62. The summed E-state index contributed by atoms with van der Waals surface area (Å²) in [7, 11) is 0. The third-order valence-electron chi connectivity index (χ3n) is 2.92. The van der Waals surface area contributed by atoms with Gasteiger partial charge in [0, 0.05) is 0 Å². The molecule has 0 aromatic heterocycles. The number of hydrogen-bond acceptors (Lipinski definition) is 4. The summed E-state index contributed by atoms with van der Waals surface area (Å²) >= 11 is 0. The van der Waals surface area contributed by atoms with Gasteiger partial charge in [-0.2, -0.15) is 0 Å². The first-order chi connectivity index (χ1) is 11.2. The summed E-state index contributed by atoms with van der Waals surface area (Å²) in [5.74, 6) is 1.00. The molecule has 0 aliphatic carbocycles. The van der Waals surface area contributed by atoms with Gasteiger partial charge in [-0.25, -0.2) is 0 Å². The molecule has 0 atom stereocenters. The highest BCUT2D eigenvalue weighted by atomic mass is 16.6. The lowest BCUT2D eigenvalue weighted by Crippen LogP contribution is -2.07. The lowest BCUT2D eigenvalue weighted by atomic mass is 10.1. The topological polar surface area (TPSA) is 36.9 Å². The van der Waals surface area contributed by atoms with Gasteiger partial charge in [0.15, 0.2) is 11.5 Å². The SMILES string of the molecule is C=COCCOC(=C)/C(=C\c1ccccc1C)OCCOC=C. The minimum absolute atomic E-state index is 0.364. The first-order valence-electron chi connectivity index (χ1n) is 7.36. The fourth-order valence-electron chi connectivity index (χ4n) is 1.74. The average Bonchev–Trinajstić information content (AvgIpc) is 2.56. The molecule has 124 valence electrons. The minimum atomic E-state index is 0.364. The number of benzene rings is 1. The van der Waals surface area contributed by atoms with Gasteiger partial charge in [0.05, 0.1) is 12.5 Å². The van der Waals surface area contributed by atoms with Crippen LogP contribution in [0.3, 0.4) is 0 Å². The van der Waals surface area contributed by atoms with Crippen LogP contribution in [0.25, 0.3) is 6.08 Å². The second-order valence-corrected chi connectivity index (χ2v) is 4.56. The van der Waals surface area contributed by atoms with E-state index < -0.39 is 0 Å². The molecule has 0 N–H and O–H groups in total. The third-order valence-corrected chi connectivity index (χ3v) is 2.92. The molecule has 4 heteroatoms. The molecule has 0 radical (unpaired) electrons. The molecule has 0 bridgehead atoms. The molecular formula is C19H24O4. The zero-order chi connectivity index (χ0) is 16.9. The summed E-state index contributed by atoms with van der Waals surface area (Å²) in [6.07, 6.45) is 4.66. The van der Waals surface area contributed by atoms with Crippen LogP contribution in [-0.2, 0) is 18.9 Å². The van der Waals surface area contributed by atoms with Crippen molar-refractivity contribution in [3.05, 3.63) is 79.2 Å². The largest absolute Gasteiger partial charge is 0.498 e. The van der Waals surface area contributed by atoms with Crippen molar-refractivity contribution in [1.82, 2.24) is 0 Å². The summed E-state index contributed by atoms with van der Waals surface area (Å²) in [5, 5.41) is 0. The van der Waals surface area contributed by atoms with Gasteiger partial charge >= 0.3 is 0 Å². The van der Waals surface area contributed by atoms with E-state index in [1.165, 1.54) is 12.5 Å². The molecule has 0 heterocycles. The Morgan fingerprint density at radius 2 is 1.57 bits per heavy atom. The molecule has 1 aromatic rings. The van der Waals surface area contributed by atoms with Gasteiger partial charge in [0.25, 0.3) is 0 Å². The highest BCUT2D eigenvalue weighted by Gasteiger charge is 2.08. The lowest BCUT2D eigenvalue weighted by Gasteiger charge is -2.15. The first-order valence-corrected chi connectivity index (χ1v) is 7.36. The van der Waals surface area contributed by atoms with Crippen LogP contribution >= 0.6 is 0 Å². The fraction of sp³-hybridized carbons (Fsp3) is 0.263. The summed E-state index contributed by atoms with van der Waals surface area (Å²) in [6, 6.07) is 8.00. The maximum absolute atomic E-state index is 5.72. The van der Waals surface area contributed by atoms with E-state index >= 15 is 0 Å². The monoisotopic (exact) mass is 316 g/mol. The smallest absolute Gasteiger partial charge is 0.161 e. The van der Waals surface area contributed by atoms with Gasteiger partial charge in [-0.1, -0.05) is 44.0 Å². The van der Waals surface area contributed by atoms with E-state index in [-0.39, 0.29) is 0 Å². The van der Waals surface area contributed by atoms with Gasteiger partial charge in [-0.3, -0.25) is 0 Å². The third kappa shape index (κ3) is 7.27. The van der Waals surface area contributed by atoms with Crippen molar-refractivity contribution in [3.63, 3.8) is 0 Å². The van der Waals surface area contributed by atoms with Crippen molar-refractivity contribution >= 4 is 6.08 Å². The molecule has 1 rings (SSSR count). The van der Waals surface area contributed by atoms with Crippen molar-refractivity contribution < 1.29 is 18.9 Å². The first kappa shape index (κ1) is 18.4. The van der Waals surface area contributed by atoms with E-state index in [0.29, 0.717) is 37.9 Å². The van der Waals surface area contributed by atoms with Gasteiger partial charge in [-0.05, 0) is 24.1 Å². The molecule has 0 amide bonds. The van der Waals surface area contributed by atoms with E-state index in [1.54, 1.807) is 0 Å². The molecule has 1 aromatic carbocycles. The highest BCUT2D eigenvalue weighted by molar-refractivity contribution is 5.58. The van der Waals surface area contributed by atoms with Gasteiger partial charge in [0.1, 0.15) is 26.4 Å². The van der Waals surface area contributed by atoms with Crippen LogP contribution in [-0.4, -0.2) is 26.4 Å². The predicted molar refractivity (Wildman–Crippen MR) is 92.5 cm³/mol. The van der Waals surface area contributed by atoms with Crippen LogP contribution < -0.4 is 0 Å². The summed E-state index contributed by atoms with van der Waals surface area (Å²) in [6.45, 7) is 14.5. The second-order valence-electron chi connectivity index (χ2n) is 4.56. The summed E-state index contributed by atoms with van der Waals surface area (Å²) in [4.78, 5) is 0. The van der Waals surface area contributed by atoms with Crippen LogP contribution in [0.1, 0.15) is 11.1 Å². The number of hydrogen-bond donors (Lipinski definition) is 0. The van der Waals surface area contributed by atoms with E-state index in [0.717, 1.165) is 11.1 Å². The van der Waals surface area contributed by atoms with Gasteiger partial charge in [-0.15, -0.1) is 0 Å². The van der Waals surface area contributed by atoms with Gasteiger partial charge in [0.2, 0.25) is 0 Å². The molecule has 0 spiro atoms. The second kappa shape index (κ2) is 11.0. The van der Waals surface area contributed by atoms with E-state index in [4.69, 9.17) is 18.9 Å². The van der Waals surface area contributed by atoms with Crippen LogP contribution in [0.15, 0.2) is 68.0 Å². The fourth-order valence-corrected chi connectivity index (χ4v) is 1.74. The van der Waals surface area contributed by atoms with E-state index in [1.807, 2.05) is 37.3 Å². The highest BCUT2D eigenvalue weighted by Crippen LogP contribution is 2.18. The lowest BCUT2D eigenvalue weighted by molar-refractivity contribution is 0.0969. The Morgan fingerprint density at radius 1 is 0.957 bits per heavy atom. The van der Waals surface area contributed by atoms with Crippen LogP contribution in [0.4, 0.5) is 0 Å². The van der Waals surface area contributed by atoms with Crippen LogP contribution in [0, 0.1) is 6.92 Å². The maximum Gasteiger partial charge on any atom is 0.161 e. The Balaban J connectivity index is 2.75. The number of ether oxygens (including phenoxy) is 4. The van der Waals surface area contributed by atoms with E-state index in [2.05, 4.69) is 19.7 Å². The van der Waals surface area contributed by atoms with Crippen molar-refractivity contribution in [2.24, 2.45) is 0 Å². The quantitative estimate of drug-likeness (QED) is 0.329. The molecule has 0 aliphatic heterocycles. The predicted octanol–water partition coefficient (Wildman–Crippen LogP) is 4.20. The van der Waals surface area contributed by atoms with Crippen LogP contribution in [0.5, 0.6) is 0 Å². The van der Waals surface area contributed by atoms with Crippen molar-refractivity contribution in [3.8, 4) is 0 Å². The van der Waals surface area contributed by atoms with Crippen molar-refractivity contribution in [1.29, 1.82) is 0 Å². The Morgan fingerprint density at radius 3 is 2.17 bits per heavy atom. The van der Waals surface area contributed by atoms with Crippen LogP contribution in [0.2, 0.25) is 0 Å². The number of rotatable bonds is 12.